The maximum Gasteiger partial charge on any atom is 0.0594 e. The van der Waals surface area contributed by atoms with Crippen molar-refractivity contribution in [2.24, 2.45) is 50.7 Å². The van der Waals surface area contributed by atoms with Crippen LogP contribution in [0.3, 0.4) is 0 Å². The molecule has 2 spiro atoms. The maximum absolute atomic E-state index is 10.8. The van der Waals surface area contributed by atoms with Gasteiger partial charge in [-0.15, -0.1) is 0 Å². The molecule has 0 amide bonds. The first-order chi connectivity index (χ1) is 14.4. The van der Waals surface area contributed by atoms with Gasteiger partial charge in [-0.25, -0.2) is 0 Å². The highest BCUT2D eigenvalue weighted by molar-refractivity contribution is 5.30. The van der Waals surface area contributed by atoms with Crippen LogP contribution in [0, 0.1) is 50.7 Å². The van der Waals surface area contributed by atoms with Gasteiger partial charge in [-0.2, -0.15) is 0 Å². The Balaban J connectivity index is 1.41. The van der Waals surface area contributed by atoms with E-state index in [4.69, 9.17) is 0 Å². The molecule has 9 atom stereocenters. The number of aliphatic hydroxyl groups is 1. The van der Waals surface area contributed by atoms with Crippen molar-refractivity contribution in [2.75, 3.05) is 0 Å². The third-order valence-electron chi connectivity index (χ3n) is 13.0. The Morgan fingerprint density at radius 3 is 2.26 bits per heavy atom. The summed E-state index contributed by atoms with van der Waals surface area (Å²) in [6.07, 6.45) is 17.6. The van der Waals surface area contributed by atoms with Gasteiger partial charge in [-0.05, 0) is 135 Å². The molecular formula is C30H50O. The molecule has 0 bridgehead atoms. The molecule has 1 N–H and O–H groups in total. The minimum Gasteiger partial charge on any atom is -0.393 e. The second kappa shape index (κ2) is 6.86. The quantitative estimate of drug-likeness (QED) is 0.449. The third-order valence-corrected chi connectivity index (χ3v) is 13.0. The van der Waals surface area contributed by atoms with Crippen LogP contribution in [0.1, 0.15) is 119 Å². The lowest BCUT2D eigenvalue weighted by Gasteiger charge is -2.63. The second-order valence-corrected chi connectivity index (χ2v) is 14.4. The van der Waals surface area contributed by atoms with Gasteiger partial charge >= 0.3 is 0 Å². The van der Waals surface area contributed by atoms with Crippen molar-refractivity contribution in [3.63, 3.8) is 0 Å². The maximum atomic E-state index is 10.8. The van der Waals surface area contributed by atoms with Gasteiger partial charge in [-0.3, -0.25) is 0 Å². The lowest BCUT2D eigenvalue weighted by molar-refractivity contribution is -0.161. The molecule has 0 aromatic carbocycles. The first kappa shape index (κ1) is 22.5. The minimum absolute atomic E-state index is 0.0840. The Hall–Kier alpha value is -0.300. The molecule has 0 aromatic heterocycles. The first-order valence-electron chi connectivity index (χ1n) is 13.8. The molecule has 1 nitrogen and oxygen atoms in total. The molecule has 0 aliphatic heterocycles. The fourth-order valence-electron chi connectivity index (χ4n) is 11.1. The monoisotopic (exact) mass is 426 g/mol. The van der Waals surface area contributed by atoms with Crippen LogP contribution in [0.2, 0.25) is 0 Å². The molecule has 1 heteroatoms. The highest BCUT2D eigenvalue weighted by atomic mass is 16.3. The zero-order chi connectivity index (χ0) is 22.4. The molecule has 0 saturated heterocycles. The molecule has 5 saturated carbocycles. The van der Waals surface area contributed by atoms with Crippen molar-refractivity contribution in [1.82, 2.24) is 0 Å². The van der Waals surface area contributed by atoms with Crippen LogP contribution in [0.5, 0.6) is 0 Å². The van der Waals surface area contributed by atoms with E-state index < -0.39 is 0 Å². The van der Waals surface area contributed by atoms with Crippen molar-refractivity contribution in [2.45, 2.75) is 125 Å². The fourth-order valence-corrected chi connectivity index (χ4v) is 11.1. The molecule has 2 unspecified atom stereocenters. The van der Waals surface area contributed by atoms with E-state index in [0.29, 0.717) is 21.7 Å². The third kappa shape index (κ3) is 2.71. The number of hydrogen-bond donors (Lipinski definition) is 1. The van der Waals surface area contributed by atoms with E-state index >= 15 is 0 Å². The molecule has 31 heavy (non-hydrogen) atoms. The summed E-state index contributed by atoms with van der Waals surface area (Å²) in [7, 11) is 0. The topological polar surface area (TPSA) is 20.2 Å². The standard InChI is InChI=1S/C30H50O/c1-20(2)9-8-10-21(3)22-13-15-28(7)24-12-11-23-26(4,5)25(31)14-16-29(23)19-30(24,29)18-17-27(22,28)6/h9,21-25,31H,8,10-19H2,1-7H3/t21-,22-,23?,24?,25+,27-,28+,29-,30+/m1/s1. The smallest absolute Gasteiger partial charge is 0.0594 e. The van der Waals surface area contributed by atoms with Gasteiger partial charge in [0.2, 0.25) is 0 Å². The SMILES string of the molecule is CC(C)=CCC[C@@H](C)[C@H]1CC[C@@]2(C)C3CCC4C(C)(C)[C@@H](O)CC[C@@]45C[C@@]35CC[C@]12C. The number of hydrogen-bond acceptors (Lipinski definition) is 1. The summed E-state index contributed by atoms with van der Waals surface area (Å²) in [4.78, 5) is 0. The van der Waals surface area contributed by atoms with Crippen LogP contribution >= 0.6 is 0 Å². The largest absolute Gasteiger partial charge is 0.393 e. The van der Waals surface area contributed by atoms with Crippen LogP contribution in [0.25, 0.3) is 0 Å². The van der Waals surface area contributed by atoms with E-state index in [9.17, 15) is 5.11 Å². The zero-order valence-corrected chi connectivity index (χ0v) is 21.7. The fraction of sp³-hybridized carbons (Fsp3) is 0.933. The lowest BCUT2D eigenvalue weighted by atomic mass is 9.41. The normalized spacial score (nSPS) is 52.9. The van der Waals surface area contributed by atoms with Gasteiger partial charge in [0, 0.05) is 0 Å². The highest BCUT2D eigenvalue weighted by Crippen LogP contribution is 2.89. The predicted molar refractivity (Wildman–Crippen MR) is 131 cm³/mol. The average molecular weight is 427 g/mol. The predicted octanol–water partition coefficient (Wildman–Crippen LogP) is 8.17. The number of rotatable bonds is 4. The highest BCUT2D eigenvalue weighted by Gasteiger charge is 2.82. The lowest BCUT2D eigenvalue weighted by Crippen LogP contribution is -2.57. The Morgan fingerprint density at radius 2 is 1.55 bits per heavy atom. The molecule has 5 fully saturated rings. The van der Waals surface area contributed by atoms with E-state index in [1.54, 1.807) is 0 Å². The van der Waals surface area contributed by atoms with Gasteiger partial charge in [0.15, 0.2) is 0 Å². The van der Waals surface area contributed by atoms with Crippen LogP contribution in [0.4, 0.5) is 0 Å². The van der Waals surface area contributed by atoms with E-state index in [1.807, 2.05) is 0 Å². The number of aliphatic hydroxyl groups excluding tert-OH is 1. The molecular weight excluding hydrogens is 376 g/mol. The van der Waals surface area contributed by atoms with Crippen molar-refractivity contribution < 1.29 is 5.11 Å². The van der Waals surface area contributed by atoms with Gasteiger partial charge in [0.05, 0.1) is 6.10 Å². The summed E-state index contributed by atoms with van der Waals surface area (Å²) >= 11 is 0. The Morgan fingerprint density at radius 1 is 0.871 bits per heavy atom. The molecule has 5 rings (SSSR count). The second-order valence-electron chi connectivity index (χ2n) is 14.4. The van der Waals surface area contributed by atoms with E-state index in [0.717, 1.165) is 30.1 Å². The summed E-state index contributed by atoms with van der Waals surface area (Å²) in [5.74, 6) is 3.46. The van der Waals surface area contributed by atoms with Crippen LogP contribution in [0.15, 0.2) is 11.6 Å². The summed E-state index contributed by atoms with van der Waals surface area (Å²) in [6, 6.07) is 0. The van der Waals surface area contributed by atoms with Crippen molar-refractivity contribution >= 4 is 0 Å². The average Bonchev–Trinajstić information content (AvgIpc) is 3.27. The number of fused-ring (bicyclic) bond motifs is 2. The Labute approximate surface area is 192 Å². The number of allylic oxidation sites excluding steroid dienone is 2. The van der Waals surface area contributed by atoms with E-state index in [2.05, 4.69) is 54.5 Å². The van der Waals surface area contributed by atoms with Gasteiger partial charge < -0.3 is 5.11 Å². The summed E-state index contributed by atoms with van der Waals surface area (Å²) in [5, 5.41) is 10.8. The Kier molecular flexibility index (Phi) is 4.98. The zero-order valence-electron chi connectivity index (χ0n) is 21.7. The van der Waals surface area contributed by atoms with Crippen molar-refractivity contribution in [1.29, 1.82) is 0 Å². The van der Waals surface area contributed by atoms with Gasteiger partial charge in [0.25, 0.3) is 0 Å². The molecule has 0 heterocycles. The van der Waals surface area contributed by atoms with Gasteiger partial charge in [0.1, 0.15) is 0 Å². The van der Waals surface area contributed by atoms with Crippen LogP contribution in [-0.2, 0) is 0 Å². The van der Waals surface area contributed by atoms with Crippen LogP contribution < -0.4 is 0 Å². The van der Waals surface area contributed by atoms with Gasteiger partial charge in [-0.1, -0.05) is 46.3 Å². The summed E-state index contributed by atoms with van der Waals surface area (Å²) in [5.41, 5.74) is 3.87. The minimum atomic E-state index is -0.0840. The van der Waals surface area contributed by atoms with Crippen LogP contribution in [-0.4, -0.2) is 11.2 Å². The van der Waals surface area contributed by atoms with E-state index in [-0.39, 0.29) is 11.5 Å². The Bertz CT molecular complexity index is 760. The molecule has 5 aliphatic rings. The molecule has 0 radical (unpaired) electrons. The molecule has 176 valence electrons. The summed E-state index contributed by atoms with van der Waals surface area (Å²) in [6.45, 7) is 17.3. The molecule has 5 aliphatic carbocycles. The molecule has 0 aromatic rings. The summed E-state index contributed by atoms with van der Waals surface area (Å²) < 4.78 is 0. The first-order valence-corrected chi connectivity index (χ1v) is 13.8. The van der Waals surface area contributed by atoms with Crippen molar-refractivity contribution in [3.05, 3.63) is 11.6 Å². The van der Waals surface area contributed by atoms with E-state index in [1.165, 1.54) is 69.8 Å². The van der Waals surface area contributed by atoms with Crippen molar-refractivity contribution in [3.8, 4) is 0 Å².